The maximum Gasteiger partial charge on any atom is 0.122 e. The van der Waals surface area contributed by atoms with E-state index in [2.05, 4.69) is 0 Å². The number of β-amino-alcohol motifs (C(OH)–C–C–N with tert-alkyl or cyclic N) is 2. The summed E-state index contributed by atoms with van der Waals surface area (Å²) in [4.78, 5) is 1.99. The number of furan rings is 1. The summed E-state index contributed by atoms with van der Waals surface area (Å²) in [7, 11) is 0. The molecule has 1 saturated heterocycles. The summed E-state index contributed by atoms with van der Waals surface area (Å²) >= 11 is 0. The van der Waals surface area contributed by atoms with Crippen molar-refractivity contribution < 1.29 is 14.6 Å². The monoisotopic (exact) mass is 240 g/mol. The van der Waals surface area contributed by atoms with E-state index in [1.165, 1.54) is 0 Å². The van der Waals surface area contributed by atoms with E-state index in [1.807, 2.05) is 24.0 Å². The number of aliphatic hydroxyl groups excluding tert-OH is 2. The first-order valence-corrected chi connectivity index (χ1v) is 6.02. The molecule has 1 fully saturated rings. The van der Waals surface area contributed by atoms with Crippen LogP contribution in [0.25, 0.3) is 0 Å². The van der Waals surface area contributed by atoms with Gasteiger partial charge < -0.3 is 20.4 Å². The Morgan fingerprint density at radius 2 is 2.12 bits per heavy atom. The van der Waals surface area contributed by atoms with Gasteiger partial charge in [-0.1, -0.05) is 6.92 Å². The third kappa shape index (κ3) is 2.52. The second-order valence-corrected chi connectivity index (χ2v) is 4.62. The normalized spacial score (nSPS) is 29.4. The molecule has 0 radical (unpaired) electrons. The Morgan fingerprint density at radius 1 is 1.47 bits per heavy atom. The molecule has 0 aromatic carbocycles. The molecular formula is C12H20N2O3. The van der Waals surface area contributed by atoms with Crippen molar-refractivity contribution in [2.24, 2.45) is 5.73 Å². The molecule has 96 valence electrons. The summed E-state index contributed by atoms with van der Waals surface area (Å²) < 4.78 is 5.42. The van der Waals surface area contributed by atoms with E-state index in [1.54, 1.807) is 6.26 Å². The summed E-state index contributed by atoms with van der Waals surface area (Å²) in [6.45, 7) is 2.88. The summed E-state index contributed by atoms with van der Waals surface area (Å²) in [5, 5.41) is 19.2. The quantitative estimate of drug-likeness (QED) is 0.695. The second kappa shape index (κ2) is 5.18. The summed E-state index contributed by atoms with van der Waals surface area (Å²) in [5.74, 6) is 0.792. The van der Waals surface area contributed by atoms with E-state index in [0.29, 0.717) is 13.1 Å². The lowest BCUT2D eigenvalue weighted by Crippen LogP contribution is -2.40. The first kappa shape index (κ1) is 12.6. The van der Waals surface area contributed by atoms with Gasteiger partial charge in [-0.3, -0.25) is 4.90 Å². The van der Waals surface area contributed by atoms with Crippen LogP contribution >= 0.6 is 0 Å². The van der Waals surface area contributed by atoms with Crippen molar-refractivity contribution in [3.05, 3.63) is 24.2 Å². The van der Waals surface area contributed by atoms with Gasteiger partial charge in [-0.15, -0.1) is 0 Å². The maximum absolute atomic E-state index is 9.61. The molecule has 2 rings (SSSR count). The van der Waals surface area contributed by atoms with Crippen molar-refractivity contribution in [3.63, 3.8) is 0 Å². The highest BCUT2D eigenvalue weighted by molar-refractivity contribution is 5.09. The molecule has 0 aliphatic carbocycles. The molecule has 4 atom stereocenters. The molecule has 4 unspecified atom stereocenters. The summed E-state index contributed by atoms with van der Waals surface area (Å²) in [6, 6.07) is 3.56. The zero-order valence-corrected chi connectivity index (χ0v) is 9.99. The molecule has 17 heavy (non-hydrogen) atoms. The van der Waals surface area contributed by atoms with Crippen molar-refractivity contribution >= 4 is 0 Å². The van der Waals surface area contributed by atoms with Gasteiger partial charge in [-0.2, -0.15) is 0 Å². The first-order chi connectivity index (χ1) is 8.13. The molecule has 5 heteroatoms. The van der Waals surface area contributed by atoms with Crippen LogP contribution in [0.15, 0.2) is 22.8 Å². The second-order valence-electron chi connectivity index (χ2n) is 4.62. The number of hydrogen-bond donors (Lipinski definition) is 3. The van der Waals surface area contributed by atoms with E-state index in [-0.39, 0.29) is 12.1 Å². The van der Waals surface area contributed by atoms with E-state index in [9.17, 15) is 10.2 Å². The lowest BCUT2D eigenvalue weighted by molar-refractivity contribution is 0.0572. The smallest absolute Gasteiger partial charge is 0.122 e. The number of aliphatic hydroxyl groups is 2. The van der Waals surface area contributed by atoms with E-state index >= 15 is 0 Å². The van der Waals surface area contributed by atoms with Gasteiger partial charge in [-0.05, 0) is 18.6 Å². The van der Waals surface area contributed by atoms with Crippen LogP contribution < -0.4 is 5.73 Å². The molecule has 0 amide bonds. The van der Waals surface area contributed by atoms with Crippen LogP contribution in [0.4, 0.5) is 0 Å². The standard InChI is InChI=1S/C12H20N2O3/c1-2-8(13)12(11-4-3-5-17-11)14-6-9(15)10(16)7-14/h3-5,8-10,12,15-16H,2,6-7,13H2,1H3. The molecule has 1 aliphatic heterocycles. The Labute approximate surface area is 101 Å². The van der Waals surface area contributed by atoms with Gasteiger partial charge >= 0.3 is 0 Å². The minimum absolute atomic E-state index is 0.0707. The molecule has 0 bridgehead atoms. The predicted molar refractivity (Wildman–Crippen MR) is 63.3 cm³/mol. The molecular weight excluding hydrogens is 220 g/mol. The zero-order valence-electron chi connectivity index (χ0n) is 9.99. The molecule has 2 heterocycles. The van der Waals surface area contributed by atoms with Crippen LogP contribution in [-0.2, 0) is 0 Å². The first-order valence-electron chi connectivity index (χ1n) is 6.02. The van der Waals surface area contributed by atoms with Crippen LogP contribution in [0.3, 0.4) is 0 Å². The average molecular weight is 240 g/mol. The molecule has 4 N–H and O–H groups in total. The summed E-state index contributed by atoms with van der Waals surface area (Å²) in [5.41, 5.74) is 6.11. The molecule has 0 spiro atoms. The Balaban J connectivity index is 2.17. The van der Waals surface area contributed by atoms with E-state index < -0.39 is 12.2 Å². The Bertz CT molecular complexity index is 332. The van der Waals surface area contributed by atoms with Gasteiger partial charge in [0.15, 0.2) is 0 Å². The Kier molecular flexibility index (Phi) is 3.83. The SMILES string of the molecule is CCC(N)C(c1ccco1)N1CC(O)C(O)C1. The largest absolute Gasteiger partial charge is 0.468 e. The molecule has 1 aliphatic rings. The Hall–Kier alpha value is -0.880. The van der Waals surface area contributed by atoms with Crippen molar-refractivity contribution in [1.82, 2.24) is 4.90 Å². The lowest BCUT2D eigenvalue weighted by atomic mass is 10.0. The van der Waals surface area contributed by atoms with Crippen molar-refractivity contribution in [1.29, 1.82) is 0 Å². The fourth-order valence-electron chi connectivity index (χ4n) is 2.37. The highest BCUT2D eigenvalue weighted by atomic mass is 16.3. The minimum atomic E-state index is -0.698. The Morgan fingerprint density at radius 3 is 2.59 bits per heavy atom. The molecule has 0 saturated carbocycles. The third-order valence-corrected chi connectivity index (χ3v) is 3.39. The predicted octanol–water partition coefficient (Wildman–Crippen LogP) is 0.0954. The minimum Gasteiger partial charge on any atom is -0.468 e. The fraction of sp³-hybridized carbons (Fsp3) is 0.667. The zero-order chi connectivity index (χ0) is 12.4. The molecule has 1 aromatic heterocycles. The number of likely N-dealkylation sites (tertiary alicyclic amines) is 1. The van der Waals surface area contributed by atoms with Gasteiger partial charge in [-0.25, -0.2) is 0 Å². The number of hydrogen-bond acceptors (Lipinski definition) is 5. The van der Waals surface area contributed by atoms with Crippen LogP contribution in [-0.4, -0.2) is 46.5 Å². The molecule has 1 aromatic rings. The van der Waals surface area contributed by atoms with Crippen molar-refractivity contribution in [3.8, 4) is 0 Å². The highest BCUT2D eigenvalue weighted by Crippen LogP contribution is 2.29. The number of nitrogens with zero attached hydrogens (tertiary/aromatic N) is 1. The van der Waals surface area contributed by atoms with Gasteiger partial charge in [0.1, 0.15) is 5.76 Å². The fourth-order valence-corrected chi connectivity index (χ4v) is 2.37. The maximum atomic E-state index is 9.61. The summed E-state index contributed by atoms with van der Waals surface area (Å²) in [6.07, 6.45) is 1.04. The van der Waals surface area contributed by atoms with E-state index in [4.69, 9.17) is 10.2 Å². The van der Waals surface area contributed by atoms with E-state index in [0.717, 1.165) is 12.2 Å². The van der Waals surface area contributed by atoms with Gasteiger partial charge in [0.2, 0.25) is 0 Å². The third-order valence-electron chi connectivity index (χ3n) is 3.39. The average Bonchev–Trinajstić information content (AvgIpc) is 2.91. The molecule has 5 nitrogen and oxygen atoms in total. The number of rotatable bonds is 4. The van der Waals surface area contributed by atoms with Gasteiger partial charge in [0.25, 0.3) is 0 Å². The number of nitrogens with two attached hydrogens (primary N) is 1. The lowest BCUT2D eigenvalue weighted by Gasteiger charge is -2.30. The highest BCUT2D eigenvalue weighted by Gasteiger charge is 2.37. The van der Waals surface area contributed by atoms with Crippen LogP contribution in [0.1, 0.15) is 25.1 Å². The van der Waals surface area contributed by atoms with Crippen LogP contribution in [0.2, 0.25) is 0 Å². The van der Waals surface area contributed by atoms with Gasteiger partial charge in [0.05, 0.1) is 24.5 Å². The van der Waals surface area contributed by atoms with Crippen LogP contribution in [0.5, 0.6) is 0 Å². The van der Waals surface area contributed by atoms with Crippen molar-refractivity contribution in [2.75, 3.05) is 13.1 Å². The topological polar surface area (TPSA) is 82.9 Å². The van der Waals surface area contributed by atoms with Gasteiger partial charge in [0, 0.05) is 19.1 Å². The van der Waals surface area contributed by atoms with Crippen molar-refractivity contribution in [2.45, 2.75) is 37.6 Å². The van der Waals surface area contributed by atoms with Crippen LogP contribution in [0, 0.1) is 0 Å².